The van der Waals surface area contributed by atoms with E-state index in [2.05, 4.69) is 20.9 Å². The van der Waals surface area contributed by atoms with Gasteiger partial charge >= 0.3 is 0 Å². The molecule has 1 aromatic heterocycles. The van der Waals surface area contributed by atoms with Crippen molar-refractivity contribution in [3.63, 3.8) is 0 Å². The molecule has 1 aromatic rings. The summed E-state index contributed by atoms with van der Waals surface area (Å²) in [4.78, 5) is 4.10. The molecule has 0 spiro atoms. The van der Waals surface area contributed by atoms with Crippen LogP contribution in [0.1, 0.15) is 26.3 Å². The molecular weight excluding hydrogens is 230 g/mol. The predicted molar refractivity (Wildman–Crippen MR) is 59.2 cm³/mol. The van der Waals surface area contributed by atoms with E-state index in [-0.39, 0.29) is 0 Å². The number of halogens is 1. The van der Waals surface area contributed by atoms with E-state index in [0.29, 0.717) is 6.61 Å². The topological polar surface area (TPSA) is 22.1 Å². The van der Waals surface area contributed by atoms with Crippen LogP contribution in [0.2, 0.25) is 0 Å². The monoisotopic (exact) mass is 245 g/mol. The molecule has 1 rings (SSSR count). The fourth-order valence-electron chi connectivity index (χ4n) is 0.816. The third-order valence-corrected chi connectivity index (χ3v) is 1.71. The van der Waals surface area contributed by atoms with Crippen LogP contribution in [0, 0.1) is 6.92 Å². The van der Waals surface area contributed by atoms with Crippen molar-refractivity contribution in [2.24, 2.45) is 0 Å². The molecule has 0 aliphatic heterocycles. The minimum absolute atomic E-state index is 0.662. The van der Waals surface area contributed by atoms with E-state index in [9.17, 15) is 0 Å². The van der Waals surface area contributed by atoms with Gasteiger partial charge in [0, 0.05) is 16.2 Å². The minimum Gasteiger partial charge on any atom is -0.478 e. The van der Waals surface area contributed by atoms with Crippen LogP contribution in [0.5, 0.6) is 5.88 Å². The molecule has 0 fully saturated rings. The Morgan fingerprint density at radius 2 is 2.08 bits per heavy atom. The highest BCUT2D eigenvalue weighted by Gasteiger charge is 1.99. The lowest BCUT2D eigenvalue weighted by atomic mass is 10.3. The van der Waals surface area contributed by atoms with Crippen molar-refractivity contribution in [1.82, 2.24) is 4.98 Å². The fourth-order valence-corrected chi connectivity index (χ4v) is 1.26. The van der Waals surface area contributed by atoms with Crippen molar-refractivity contribution >= 4 is 15.9 Å². The summed E-state index contributed by atoms with van der Waals surface area (Å²) >= 11 is 3.33. The quantitative estimate of drug-likeness (QED) is 0.795. The van der Waals surface area contributed by atoms with Crippen molar-refractivity contribution in [3.8, 4) is 5.88 Å². The first kappa shape index (κ1) is 12.4. The highest BCUT2D eigenvalue weighted by Crippen LogP contribution is 2.18. The van der Waals surface area contributed by atoms with Crippen LogP contribution in [0.25, 0.3) is 0 Å². The zero-order valence-electron chi connectivity index (χ0n) is 8.60. The number of nitrogens with zero attached hydrogens (tertiary/aromatic N) is 1. The average molecular weight is 246 g/mol. The first-order valence-corrected chi connectivity index (χ1v) is 5.28. The molecule has 3 heteroatoms. The molecule has 0 N–H and O–H groups in total. The second-order valence-electron chi connectivity index (χ2n) is 2.21. The summed E-state index contributed by atoms with van der Waals surface area (Å²) in [6, 6.07) is 1.98. The van der Waals surface area contributed by atoms with Gasteiger partial charge in [-0.3, -0.25) is 0 Å². The number of hydrogen-bond acceptors (Lipinski definition) is 2. The number of rotatable bonds is 2. The van der Waals surface area contributed by atoms with Crippen LogP contribution in [-0.4, -0.2) is 11.6 Å². The van der Waals surface area contributed by atoms with Gasteiger partial charge < -0.3 is 4.74 Å². The van der Waals surface area contributed by atoms with Crippen molar-refractivity contribution < 1.29 is 4.74 Å². The van der Waals surface area contributed by atoms with E-state index in [1.54, 1.807) is 6.20 Å². The predicted octanol–water partition coefficient (Wildman–Crippen LogP) is 3.58. The molecule has 0 aromatic carbocycles. The van der Waals surface area contributed by atoms with Gasteiger partial charge in [-0.1, -0.05) is 13.8 Å². The molecule has 0 bridgehead atoms. The lowest BCUT2D eigenvalue weighted by molar-refractivity contribution is 0.324. The molecular formula is C10H16BrNO. The summed E-state index contributed by atoms with van der Waals surface area (Å²) in [5, 5.41) is 0. The summed E-state index contributed by atoms with van der Waals surface area (Å²) in [7, 11) is 0. The highest BCUT2D eigenvalue weighted by atomic mass is 79.9. The van der Waals surface area contributed by atoms with Gasteiger partial charge in [-0.05, 0) is 35.8 Å². The van der Waals surface area contributed by atoms with Crippen LogP contribution < -0.4 is 4.74 Å². The van der Waals surface area contributed by atoms with E-state index in [1.165, 1.54) is 0 Å². The van der Waals surface area contributed by atoms with Crippen LogP contribution >= 0.6 is 15.9 Å². The minimum atomic E-state index is 0.662. The zero-order chi connectivity index (χ0) is 10.3. The average Bonchev–Trinajstić information content (AvgIpc) is 2.14. The fraction of sp³-hybridized carbons (Fsp3) is 0.500. The summed E-state index contributed by atoms with van der Waals surface area (Å²) in [5.41, 5.74) is 1.06. The highest BCUT2D eigenvalue weighted by molar-refractivity contribution is 9.10. The lowest BCUT2D eigenvalue weighted by Crippen LogP contribution is -1.96. The number of hydrogen-bond donors (Lipinski definition) is 0. The van der Waals surface area contributed by atoms with Crippen LogP contribution in [0.3, 0.4) is 0 Å². The second-order valence-corrected chi connectivity index (χ2v) is 3.12. The van der Waals surface area contributed by atoms with Gasteiger partial charge in [-0.25, -0.2) is 4.98 Å². The van der Waals surface area contributed by atoms with Crippen molar-refractivity contribution in [3.05, 3.63) is 22.3 Å². The van der Waals surface area contributed by atoms with E-state index in [0.717, 1.165) is 15.9 Å². The second kappa shape index (κ2) is 6.89. The van der Waals surface area contributed by atoms with E-state index in [1.807, 2.05) is 33.8 Å². The molecule has 2 nitrogen and oxygen atoms in total. The van der Waals surface area contributed by atoms with Gasteiger partial charge in [0.1, 0.15) is 0 Å². The summed E-state index contributed by atoms with van der Waals surface area (Å²) in [6.07, 6.45) is 1.73. The smallest absolute Gasteiger partial charge is 0.216 e. The van der Waals surface area contributed by atoms with Crippen molar-refractivity contribution in [2.75, 3.05) is 6.61 Å². The SMILES string of the molecule is CC.CCOc1ncc(Br)cc1C. The molecule has 1 heterocycles. The van der Waals surface area contributed by atoms with E-state index in [4.69, 9.17) is 4.74 Å². The van der Waals surface area contributed by atoms with Crippen LogP contribution in [0.4, 0.5) is 0 Å². The molecule has 0 saturated heterocycles. The molecule has 0 saturated carbocycles. The van der Waals surface area contributed by atoms with Gasteiger partial charge in [-0.15, -0.1) is 0 Å². The number of aryl methyl sites for hydroxylation is 1. The zero-order valence-corrected chi connectivity index (χ0v) is 10.2. The molecule has 0 radical (unpaired) electrons. The maximum Gasteiger partial charge on any atom is 0.216 e. The van der Waals surface area contributed by atoms with Crippen LogP contribution in [0.15, 0.2) is 16.7 Å². The summed E-state index contributed by atoms with van der Waals surface area (Å²) in [6.45, 7) is 8.58. The number of pyridine rings is 1. The van der Waals surface area contributed by atoms with Crippen molar-refractivity contribution in [1.29, 1.82) is 0 Å². The first-order chi connectivity index (χ1) is 6.24. The first-order valence-electron chi connectivity index (χ1n) is 4.49. The van der Waals surface area contributed by atoms with E-state index >= 15 is 0 Å². The molecule has 0 aliphatic rings. The maximum absolute atomic E-state index is 5.26. The molecule has 0 amide bonds. The maximum atomic E-state index is 5.26. The number of ether oxygens (including phenoxy) is 1. The van der Waals surface area contributed by atoms with Gasteiger partial charge in [0.2, 0.25) is 5.88 Å². The Morgan fingerprint density at radius 1 is 1.46 bits per heavy atom. The molecule has 13 heavy (non-hydrogen) atoms. The Labute approximate surface area is 88.5 Å². The van der Waals surface area contributed by atoms with Gasteiger partial charge in [0.05, 0.1) is 6.61 Å². The van der Waals surface area contributed by atoms with Gasteiger partial charge in [-0.2, -0.15) is 0 Å². The van der Waals surface area contributed by atoms with Gasteiger partial charge in [0.25, 0.3) is 0 Å². The summed E-state index contributed by atoms with van der Waals surface area (Å²) in [5.74, 6) is 0.718. The van der Waals surface area contributed by atoms with E-state index < -0.39 is 0 Å². The molecule has 0 atom stereocenters. The Morgan fingerprint density at radius 3 is 2.54 bits per heavy atom. The largest absolute Gasteiger partial charge is 0.478 e. The molecule has 0 unspecified atom stereocenters. The van der Waals surface area contributed by atoms with Crippen molar-refractivity contribution in [2.45, 2.75) is 27.7 Å². The Kier molecular flexibility index (Phi) is 6.59. The Bertz CT molecular complexity index is 251. The number of aromatic nitrogens is 1. The Hall–Kier alpha value is -0.570. The summed E-state index contributed by atoms with van der Waals surface area (Å²) < 4.78 is 6.24. The Balaban J connectivity index is 0.000000671. The third-order valence-electron chi connectivity index (χ3n) is 1.28. The molecule has 74 valence electrons. The third kappa shape index (κ3) is 4.27. The van der Waals surface area contributed by atoms with Crippen LogP contribution in [-0.2, 0) is 0 Å². The van der Waals surface area contributed by atoms with Gasteiger partial charge in [0.15, 0.2) is 0 Å². The molecule has 0 aliphatic carbocycles. The standard InChI is InChI=1S/C8H10BrNO.C2H6/c1-3-11-8-6(2)4-7(9)5-10-8;1-2/h4-5H,3H2,1-2H3;1-2H3. The lowest BCUT2D eigenvalue weighted by Gasteiger charge is -2.04. The normalized spacial score (nSPS) is 8.69.